The maximum absolute atomic E-state index is 13.8. The zero-order valence-electron chi connectivity index (χ0n) is 21.6. The van der Waals surface area contributed by atoms with Crippen LogP contribution in [0.1, 0.15) is 5.56 Å². The van der Waals surface area contributed by atoms with Crippen molar-refractivity contribution in [3.8, 4) is 39.3 Å². The van der Waals surface area contributed by atoms with Crippen LogP contribution in [0.5, 0.6) is 0 Å². The first-order valence-corrected chi connectivity index (χ1v) is 12.9. The Hall–Kier alpha value is -5.03. The standard InChI is InChI=1S/C34H25FN3O/c1-22-20-29-27-16-17-31(35)36-33(27)39-30(29)21-28(22)34-37(2)18-19-38(34)32-25(23-10-5-3-6-11-23)14-9-15-26(32)24-12-7-4-8-13-24/h3-21H,1-2H3/q+1. The molecule has 0 aliphatic carbocycles. The molecule has 7 aromatic rings. The fourth-order valence-electron chi connectivity index (χ4n) is 5.51. The monoisotopic (exact) mass is 510 g/mol. The lowest BCUT2D eigenvalue weighted by atomic mass is 9.95. The third kappa shape index (κ3) is 3.82. The highest BCUT2D eigenvalue weighted by Crippen LogP contribution is 2.39. The second kappa shape index (κ2) is 9.07. The van der Waals surface area contributed by atoms with Gasteiger partial charge in [-0.1, -0.05) is 78.9 Å². The molecule has 3 aromatic heterocycles. The van der Waals surface area contributed by atoms with Crippen molar-refractivity contribution in [2.45, 2.75) is 6.92 Å². The summed E-state index contributed by atoms with van der Waals surface area (Å²) in [4.78, 5) is 3.96. The number of aromatic nitrogens is 3. The van der Waals surface area contributed by atoms with Gasteiger partial charge >= 0.3 is 0 Å². The SMILES string of the molecule is Cc1cc2c(cc1-c1n(-c3c(-c4ccccc4)cccc3-c3ccccc3)cc[n+]1C)oc1nc(F)ccc12. The van der Waals surface area contributed by atoms with E-state index < -0.39 is 5.95 Å². The molecule has 4 nitrogen and oxygen atoms in total. The smallest absolute Gasteiger partial charge is 0.294 e. The van der Waals surface area contributed by atoms with E-state index in [1.165, 1.54) is 6.07 Å². The van der Waals surface area contributed by atoms with E-state index in [1.54, 1.807) is 6.07 Å². The summed E-state index contributed by atoms with van der Waals surface area (Å²) < 4.78 is 24.2. The molecule has 0 aliphatic heterocycles. The zero-order chi connectivity index (χ0) is 26.5. The fourth-order valence-corrected chi connectivity index (χ4v) is 5.51. The van der Waals surface area contributed by atoms with Gasteiger partial charge in [0.15, 0.2) is 0 Å². The van der Waals surface area contributed by atoms with Crippen LogP contribution in [-0.2, 0) is 7.05 Å². The fraction of sp³-hybridized carbons (Fsp3) is 0.0588. The third-order valence-corrected chi connectivity index (χ3v) is 7.34. The minimum Gasteiger partial charge on any atom is -0.438 e. The first-order chi connectivity index (χ1) is 19.1. The Kier molecular flexibility index (Phi) is 5.37. The molecule has 4 aromatic carbocycles. The van der Waals surface area contributed by atoms with Gasteiger partial charge in [-0.2, -0.15) is 13.9 Å². The van der Waals surface area contributed by atoms with Gasteiger partial charge in [0.05, 0.1) is 12.6 Å². The number of halogens is 1. The maximum Gasteiger partial charge on any atom is 0.294 e. The largest absolute Gasteiger partial charge is 0.438 e. The Morgan fingerprint density at radius 2 is 1.41 bits per heavy atom. The number of para-hydroxylation sites is 1. The van der Waals surface area contributed by atoms with Crippen LogP contribution < -0.4 is 4.57 Å². The molecule has 5 heteroatoms. The average molecular weight is 511 g/mol. The Morgan fingerprint density at radius 1 is 0.744 bits per heavy atom. The molecule has 3 heterocycles. The zero-order valence-corrected chi connectivity index (χ0v) is 21.6. The van der Waals surface area contributed by atoms with Crippen LogP contribution in [0.2, 0.25) is 0 Å². The van der Waals surface area contributed by atoms with Gasteiger partial charge in [-0.15, -0.1) is 0 Å². The van der Waals surface area contributed by atoms with E-state index >= 15 is 0 Å². The Morgan fingerprint density at radius 3 is 2.08 bits per heavy atom. The Balaban J connectivity index is 1.52. The quantitative estimate of drug-likeness (QED) is 0.177. The molecule has 0 amide bonds. The average Bonchev–Trinajstić information content (AvgIpc) is 3.51. The van der Waals surface area contributed by atoms with Crippen molar-refractivity contribution in [3.63, 3.8) is 0 Å². The third-order valence-electron chi connectivity index (χ3n) is 7.34. The molecule has 39 heavy (non-hydrogen) atoms. The van der Waals surface area contributed by atoms with Crippen LogP contribution in [0, 0.1) is 12.9 Å². The van der Waals surface area contributed by atoms with E-state index in [-0.39, 0.29) is 0 Å². The normalized spacial score (nSPS) is 11.5. The summed E-state index contributed by atoms with van der Waals surface area (Å²) in [5.41, 5.74) is 8.75. The number of benzene rings is 4. The van der Waals surface area contributed by atoms with E-state index in [1.807, 2.05) is 18.2 Å². The van der Waals surface area contributed by atoms with Crippen LogP contribution in [-0.4, -0.2) is 9.55 Å². The molecule has 0 radical (unpaired) electrons. The number of aryl methyl sites for hydroxylation is 2. The highest BCUT2D eigenvalue weighted by atomic mass is 19.1. The highest BCUT2D eigenvalue weighted by molar-refractivity contribution is 6.05. The van der Waals surface area contributed by atoms with Crippen molar-refractivity contribution in [2.24, 2.45) is 7.05 Å². The van der Waals surface area contributed by atoms with Crippen molar-refractivity contribution in [3.05, 3.63) is 127 Å². The van der Waals surface area contributed by atoms with Gasteiger partial charge < -0.3 is 4.42 Å². The predicted octanol–water partition coefficient (Wildman–Crippen LogP) is 8.04. The highest BCUT2D eigenvalue weighted by Gasteiger charge is 2.27. The van der Waals surface area contributed by atoms with Crippen molar-refractivity contribution in [1.29, 1.82) is 0 Å². The molecule has 7 rings (SSSR count). The number of pyridine rings is 1. The number of imidazole rings is 1. The van der Waals surface area contributed by atoms with E-state index in [9.17, 15) is 4.39 Å². The second-order valence-corrected chi connectivity index (χ2v) is 9.79. The van der Waals surface area contributed by atoms with Crippen LogP contribution in [0.3, 0.4) is 0 Å². The summed E-state index contributed by atoms with van der Waals surface area (Å²) in [7, 11) is 2.05. The Bertz CT molecular complexity index is 1930. The molecular formula is C34H25FN3O+. The van der Waals surface area contributed by atoms with Gasteiger partial charge in [0.1, 0.15) is 23.7 Å². The van der Waals surface area contributed by atoms with Crippen LogP contribution in [0.15, 0.2) is 120 Å². The summed E-state index contributed by atoms with van der Waals surface area (Å²) in [5, 5.41) is 1.73. The molecule has 0 N–H and O–H groups in total. The van der Waals surface area contributed by atoms with E-state index in [0.29, 0.717) is 11.3 Å². The van der Waals surface area contributed by atoms with Crippen molar-refractivity contribution in [1.82, 2.24) is 9.55 Å². The number of nitrogens with zero attached hydrogens (tertiary/aromatic N) is 3. The van der Waals surface area contributed by atoms with Crippen molar-refractivity contribution >= 4 is 22.1 Å². The lowest BCUT2D eigenvalue weighted by Crippen LogP contribution is -2.29. The molecule has 188 valence electrons. The number of hydrogen-bond acceptors (Lipinski definition) is 2. The van der Waals surface area contributed by atoms with Crippen LogP contribution in [0.4, 0.5) is 4.39 Å². The lowest BCUT2D eigenvalue weighted by molar-refractivity contribution is -0.659. The molecule has 0 spiro atoms. The van der Waals surface area contributed by atoms with E-state index in [4.69, 9.17) is 4.42 Å². The van der Waals surface area contributed by atoms with Gasteiger partial charge in [0.25, 0.3) is 5.82 Å². The Labute approximate surface area is 225 Å². The summed E-state index contributed by atoms with van der Waals surface area (Å²) in [5.74, 6) is 0.458. The first-order valence-electron chi connectivity index (χ1n) is 12.9. The number of hydrogen-bond donors (Lipinski definition) is 0. The number of fused-ring (bicyclic) bond motifs is 3. The summed E-state index contributed by atoms with van der Waals surface area (Å²) in [6.45, 7) is 2.10. The summed E-state index contributed by atoms with van der Waals surface area (Å²) in [6, 6.07) is 34.7. The van der Waals surface area contributed by atoms with Gasteiger partial charge in [0.2, 0.25) is 11.7 Å². The number of furan rings is 1. The van der Waals surface area contributed by atoms with E-state index in [0.717, 1.165) is 55.7 Å². The first kappa shape index (κ1) is 23.1. The molecule has 0 bridgehead atoms. The summed E-state index contributed by atoms with van der Waals surface area (Å²) >= 11 is 0. The molecule has 0 fully saturated rings. The van der Waals surface area contributed by atoms with Crippen molar-refractivity contribution in [2.75, 3.05) is 0 Å². The molecule has 0 saturated heterocycles. The molecule has 0 aliphatic rings. The van der Waals surface area contributed by atoms with Gasteiger partial charge in [-0.3, -0.25) is 0 Å². The molecular weight excluding hydrogens is 485 g/mol. The minimum absolute atomic E-state index is 0.307. The van der Waals surface area contributed by atoms with Crippen molar-refractivity contribution < 1.29 is 13.4 Å². The minimum atomic E-state index is -0.551. The van der Waals surface area contributed by atoms with Gasteiger partial charge in [-0.05, 0) is 47.9 Å². The predicted molar refractivity (Wildman–Crippen MR) is 153 cm³/mol. The summed E-state index contributed by atoms with van der Waals surface area (Å²) in [6.07, 6.45) is 4.19. The van der Waals surface area contributed by atoms with E-state index in [2.05, 4.69) is 113 Å². The van der Waals surface area contributed by atoms with Crippen LogP contribution >= 0.6 is 0 Å². The van der Waals surface area contributed by atoms with Crippen LogP contribution in [0.25, 0.3) is 61.4 Å². The molecule has 0 unspecified atom stereocenters. The molecule has 0 atom stereocenters. The number of rotatable bonds is 4. The maximum atomic E-state index is 13.8. The molecule has 0 saturated carbocycles. The lowest BCUT2D eigenvalue weighted by Gasteiger charge is -2.15. The topological polar surface area (TPSA) is 34.8 Å². The van der Waals surface area contributed by atoms with Gasteiger partial charge in [0, 0.05) is 21.9 Å². The van der Waals surface area contributed by atoms with Gasteiger partial charge in [-0.25, -0.2) is 4.57 Å². The second-order valence-electron chi connectivity index (χ2n) is 9.79.